The number of Topliss-reactive ketones (excluding diaryl/α,β-unsaturated/α-hetero) is 3. The fraction of sp³-hybridized carbons (Fsp3) is 0.629. The number of hydrogen-bond donors (Lipinski definition) is 5. The van der Waals surface area contributed by atoms with Gasteiger partial charge >= 0.3 is 0 Å². The molecule has 8 heteroatoms. The normalized spacial score (nSPS) is 38.5. The number of benzene rings is 1. The van der Waals surface area contributed by atoms with Gasteiger partial charge in [0.15, 0.2) is 17.2 Å². The van der Waals surface area contributed by atoms with Crippen LogP contribution in [-0.2, 0) is 14.4 Å². The SMILES string of the molecule is CC(=O)C1=C(O)[C@]2(O)C(=O)C3=C(O)c4c(ccc(C(C)C5CCC(C)CC5)c4O)[C@@H](C)[C@]3(C)[C@@H](O)[C@]2(C)C(C(C)C)C1=O. The molecule has 2 fully saturated rings. The van der Waals surface area contributed by atoms with Gasteiger partial charge in [-0.1, -0.05) is 73.4 Å². The molecule has 0 bridgehead atoms. The summed E-state index contributed by atoms with van der Waals surface area (Å²) >= 11 is 0. The molecule has 7 atom stereocenters. The second-order valence-corrected chi connectivity index (χ2v) is 14.6. The third-order valence-electron chi connectivity index (χ3n) is 12.1. The van der Waals surface area contributed by atoms with E-state index in [2.05, 4.69) is 13.8 Å². The molecule has 43 heavy (non-hydrogen) atoms. The molecule has 1 aromatic rings. The van der Waals surface area contributed by atoms with Crippen LogP contribution in [0, 0.1) is 34.5 Å². The lowest BCUT2D eigenvalue weighted by Gasteiger charge is -2.63. The number of carbonyl (C=O) groups is 3. The Morgan fingerprint density at radius 2 is 1.56 bits per heavy atom. The Kier molecular flexibility index (Phi) is 7.33. The average molecular weight is 595 g/mol. The molecule has 0 aliphatic heterocycles. The summed E-state index contributed by atoms with van der Waals surface area (Å²) in [4.78, 5) is 40.9. The fourth-order valence-corrected chi connectivity index (χ4v) is 9.35. The van der Waals surface area contributed by atoms with E-state index in [0.29, 0.717) is 23.0 Å². The van der Waals surface area contributed by atoms with E-state index in [-0.39, 0.29) is 22.8 Å². The molecule has 5 N–H and O–H groups in total. The predicted octanol–water partition coefficient (Wildman–Crippen LogP) is 5.65. The second-order valence-electron chi connectivity index (χ2n) is 14.6. The van der Waals surface area contributed by atoms with Crippen LogP contribution in [0.1, 0.15) is 110 Å². The second kappa shape index (κ2) is 10.0. The predicted molar refractivity (Wildman–Crippen MR) is 161 cm³/mol. The van der Waals surface area contributed by atoms with E-state index >= 15 is 0 Å². The van der Waals surface area contributed by atoms with Crippen LogP contribution >= 0.6 is 0 Å². The third-order valence-corrected chi connectivity index (χ3v) is 12.1. The Morgan fingerprint density at radius 1 is 0.977 bits per heavy atom. The van der Waals surface area contributed by atoms with Gasteiger partial charge in [-0.3, -0.25) is 14.4 Å². The molecule has 0 radical (unpaired) electrons. The molecule has 8 nitrogen and oxygen atoms in total. The lowest BCUT2D eigenvalue weighted by Crippen LogP contribution is -2.75. The summed E-state index contributed by atoms with van der Waals surface area (Å²) in [7, 11) is 0. The Labute approximate surface area is 253 Å². The summed E-state index contributed by atoms with van der Waals surface area (Å²) in [6.45, 7) is 13.6. The smallest absolute Gasteiger partial charge is 0.203 e. The number of aromatic hydroxyl groups is 1. The highest BCUT2D eigenvalue weighted by Gasteiger charge is 2.77. The van der Waals surface area contributed by atoms with Crippen LogP contribution in [0.5, 0.6) is 5.75 Å². The van der Waals surface area contributed by atoms with Gasteiger partial charge in [-0.05, 0) is 60.5 Å². The monoisotopic (exact) mass is 594 g/mol. The molecule has 5 rings (SSSR count). The first-order valence-corrected chi connectivity index (χ1v) is 15.6. The van der Waals surface area contributed by atoms with E-state index in [4.69, 9.17) is 0 Å². The maximum atomic E-state index is 14.6. The number of phenolic OH excluding ortho intramolecular Hbond substituents is 1. The van der Waals surface area contributed by atoms with Gasteiger partial charge in [0.25, 0.3) is 0 Å². The highest BCUT2D eigenvalue weighted by atomic mass is 16.4. The van der Waals surface area contributed by atoms with E-state index in [1.807, 2.05) is 12.1 Å². The number of fused-ring (bicyclic) bond motifs is 3. The van der Waals surface area contributed by atoms with Gasteiger partial charge in [0.1, 0.15) is 22.8 Å². The lowest BCUT2D eigenvalue weighted by molar-refractivity contribution is -0.215. The van der Waals surface area contributed by atoms with Crippen molar-refractivity contribution in [2.75, 3.05) is 0 Å². The molecule has 0 aromatic heterocycles. The molecular formula is C35H46O8. The van der Waals surface area contributed by atoms with Crippen LogP contribution in [0.3, 0.4) is 0 Å². The third kappa shape index (κ3) is 3.78. The highest BCUT2D eigenvalue weighted by Crippen LogP contribution is 2.67. The molecule has 1 aromatic carbocycles. The van der Waals surface area contributed by atoms with Crippen molar-refractivity contribution >= 4 is 23.1 Å². The molecule has 4 aliphatic rings. The van der Waals surface area contributed by atoms with Crippen molar-refractivity contribution in [3.8, 4) is 5.75 Å². The summed E-state index contributed by atoms with van der Waals surface area (Å²) in [5.41, 5.74) is -6.10. The largest absolute Gasteiger partial charge is 0.508 e. The summed E-state index contributed by atoms with van der Waals surface area (Å²) in [5.74, 6) is -5.85. The number of aliphatic hydroxyl groups is 4. The first-order valence-electron chi connectivity index (χ1n) is 15.6. The number of phenols is 1. The van der Waals surface area contributed by atoms with Crippen molar-refractivity contribution in [1.82, 2.24) is 0 Å². The molecule has 0 amide bonds. The number of rotatable bonds is 4. The number of hydrogen-bond acceptors (Lipinski definition) is 8. The summed E-state index contributed by atoms with van der Waals surface area (Å²) in [6.07, 6.45) is 2.63. The van der Waals surface area contributed by atoms with Gasteiger partial charge in [-0.25, -0.2) is 0 Å². The lowest BCUT2D eigenvalue weighted by atomic mass is 9.40. The van der Waals surface area contributed by atoms with Crippen molar-refractivity contribution in [2.24, 2.45) is 34.5 Å². The van der Waals surface area contributed by atoms with Gasteiger partial charge in [0.2, 0.25) is 5.78 Å². The molecule has 0 heterocycles. The molecular weight excluding hydrogens is 548 g/mol. The van der Waals surface area contributed by atoms with Crippen LogP contribution in [-0.4, -0.2) is 54.6 Å². The van der Waals surface area contributed by atoms with Crippen LogP contribution < -0.4 is 0 Å². The van der Waals surface area contributed by atoms with Crippen molar-refractivity contribution in [1.29, 1.82) is 0 Å². The molecule has 234 valence electrons. The van der Waals surface area contributed by atoms with Crippen molar-refractivity contribution < 1.29 is 39.9 Å². The fourth-order valence-electron chi connectivity index (χ4n) is 9.35. The van der Waals surface area contributed by atoms with Crippen molar-refractivity contribution in [3.05, 3.63) is 45.7 Å². The Balaban J connectivity index is 1.77. The number of aliphatic hydroxyl groups excluding tert-OH is 3. The molecule has 0 saturated heterocycles. The van der Waals surface area contributed by atoms with E-state index in [9.17, 15) is 39.9 Å². The quantitative estimate of drug-likeness (QED) is 0.280. The van der Waals surface area contributed by atoms with Gasteiger partial charge in [-0.15, -0.1) is 0 Å². The Bertz CT molecular complexity index is 1480. The molecule has 2 saturated carbocycles. The van der Waals surface area contributed by atoms with Gasteiger partial charge in [0.05, 0.1) is 17.2 Å². The minimum absolute atomic E-state index is 0.0133. The zero-order chi connectivity index (χ0) is 32.1. The summed E-state index contributed by atoms with van der Waals surface area (Å²) < 4.78 is 0. The minimum atomic E-state index is -2.88. The van der Waals surface area contributed by atoms with Crippen molar-refractivity contribution in [3.63, 3.8) is 0 Å². The summed E-state index contributed by atoms with van der Waals surface area (Å²) in [6, 6.07) is 3.69. The Hall–Kier alpha value is -2.97. The first kappa shape index (κ1) is 31.5. The highest BCUT2D eigenvalue weighted by molar-refractivity contribution is 6.24. The van der Waals surface area contributed by atoms with E-state index < -0.39 is 74.7 Å². The zero-order valence-corrected chi connectivity index (χ0v) is 26.5. The van der Waals surface area contributed by atoms with E-state index in [0.717, 1.165) is 32.6 Å². The van der Waals surface area contributed by atoms with Crippen LogP contribution in [0.4, 0.5) is 0 Å². The molecule has 2 unspecified atom stereocenters. The van der Waals surface area contributed by atoms with Gasteiger partial charge in [-0.2, -0.15) is 0 Å². The van der Waals surface area contributed by atoms with Crippen LogP contribution in [0.15, 0.2) is 29.0 Å². The van der Waals surface area contributed by atoms with Crippen LogP contribution in [0.25, 0.3) is 5.76 Å². The first-order chi connectivity index (χ1) is 19.9. The van der Waals surface area contributed by atoms with E-state index in [1.165, 1.54) is 6.92 Å². The number of carbonyl (C=O) groups excluding carboxylic acids is 3. The van der Waals surface area contributed by atoms with Gasteiger partial charge in [0, 0.05) is 16.7 Å². The zero-order valence-electron chi connectivity index (χ0n) is 26.5. The molecule has 0 spiro atoms. The van der Waals surface area contributed by atoms with Gasteiger partial charge < -0.3 is 25.5 Å². The standard InChI is InChI=1S/C35H46O8/c1-15(2)25-28(38)23(19(6)36)30(40)35(43)31(41)26-29(39)24-22(18(5)33(26,7)32(42)34(25,35)8)14-13-21(27(24)37)17(4)20-11-9-16(3)10-12-20/h13-18,20,25,32,37,39-40,42-43H,9-12H2,1-8H3/t16?,17?,18-,20?,25?,32-,33+,34+,35+/m1/s1. The van der Waals surface area contributed by atoms with E-state index in [1.54, 1.807) is 27.7 Å². The topological polar surface area (TPSA) is 152 Å². The molecule has 4 aliphatic carbocycles. The maximum absolute atomic E-state index is 14.6. The summed E-state index contributed by atoms with van der Waals surface area (Å²) in [5, 5.41) is 59.5. The van der Waals surface area contributed by atoms with Crippen molar-refractivity contribution in [2.45, 2.75) is 105 Å². The van der Waals surface area contributed by atoms with Crippen LogP contribution in [0.2, 0.25) is 0 Å². The average Bonchev–Trinajstić information content (AvgIpc) is 2.93. The number of allylic oxidation sites excluding steroid dienone is 1. The number of ketones is 3. The Morgan fingerprint density at radius 3 is 2.09 bits per heavy atom. The maximum Gasteiger partial charge on any atom is 0.203 e. The minimum Gasteiger partial charge on any atom is -0.508 e.